The van der Waals surface area contributed by atoms with Crippen LogP contribution in [0.4, 0.5) is 0 Å². The van der Waals surface area contributed by atoms with Crippen LogP contribution in [0.25, 0.3) is 0 Å². The molecule has 188 valence electrons. The molecule has 1 aliphatic carbocycles. The SMILES string of the molecule is CCOC(=O)c1ccc(S(=O)(=O)N2CCC(C(=O)N3CCN(C(=O)C4CCCC4)CC3)CC2)o1. The zero-order chi connectivity index (χ0) is 24.3. The largest absolute Gasteiger partial charge is 0.460 e. The second kappa shape index (κ2) is 10.5. The van der Waals surface area contributed by atoms with Gasteiger partial charge in [-0.05, 0) is 44.7 Å². The van der Waals surface area contributed by atoms with E-state index < -0.39 is 16.0 Å². The minimum atomic E-state index is -3.90. The van der Waals surface area contributed by atoms with E-state index in [1.165, 1.54) is 16.4 Å². The van der Waals surface area contributed by atoms with E-state index in [0.717, 1.165) is 25.7 Å². The third-order valence-corrected chi connectivity index (χ3v) is 8.84. The molecular weight excluding hydrogens is 462 g/mol. The Morgan fingerprint density at radius 2 is 1.41 bits per heavy atom. The van der Waals surface area contributed by atoms with E-state index in [2.05, 4.69) is 0 Å². The normalized spacial score (nSPS) is 21.1. The van der Waals surface area contributed by atoms with E-state index in [-0.39, 0.29) is 54.2 Å². The molecular formula is C23H33N3O7S. The Morgan fingerprint density at radius 3 is 1.94 bits per heavy atom. The van der Waals surface area contributed by atoms with E-state index >= 15 is 0 Å². The van der Waals surface area contributed by atoms with E-state index in [4.69, 9.17) is 9.15 Å². The van der Waals surface area contributed by atoms with Gasteiger partial charge < -0.3 is 19.0 Å². The summed E-state index contributed by atoms with van der Waals surface area (Å²) in [6.45, 7) is 4.40. The second-order valence-electron chi connectivity index (χ2n) is 9.15. The quantitative estimate of drug-likeness (QED) is 0.552. The van der Waals surface area contributed by atoms with Crippen molar-refractivity contribution in [3.8, 4) is 0 Å². The summed E-state index contributed by atoms with van der Waals surface area (Å²) in [6, 6.07) is 2.55. The topological polar surface area (TPSA) is 117 Å². The van der Waals surface area contributed by atoms with Crippen molar-refractivity contribution in [2.24, 2.45) is 11.8 Å². The van der Waals surface area contributed by atoms with Crippen molar-refractivity contribution in [2.75, 3.05) is 45.9 Å². The molecule has 11 heteroatoms. The molecule has 0 spiro atoms. The Bertz CT molecular complexity index is 1000. The summed E-state index contributed by atoms with van der Waals surface area (Å²) in [4.78, 5) is 41.1. The van der Waals surface area contributed by atoms with Gasteiger partial charge in [0.2, 0.25) is 22.7 Å². The number of carbonyl (C=O) groups is 3. The van der Waals surface area contributed by atoms with Crippen molar-refractivity contribution < 1.29 is 32.0 Å². The van der Waals surface area contributed by atoms with Gasteiger partial charge in [0.1, 0.15) is 0 Å². The Hall–Kier alpha value is -2.40. The fourth-order valence-corrected chi connectivity index (χ4v) is 6.46. The number of hydrogen-bond acceptors (Lipinski definition) is 7. The summed E-state index contributed by atoms with van der Waals surface area (Å²) < 4.78 is 37.2. The molecule has 4 rings (SSSR count). The minimum absolute atomic E-state index is 0.0348. The Balaban J connectivity index is 1.27. The number of rotatable bonds is 6. The molecule has 34 heavy (non-hydrogen) atoms. The molecule has 0 radical (unpaired) electrons. The minimum Gasteiger partial charge on any atom is -0.460 e. The zero-order valence-corrected chi connectivity index (χ0v) is 20.4. The van der Waals surface area contributed by atoms with Crippen molar-refractivity contribution in [3.05, 3.63) is 17.9 Å². The van der Waals surface area contributed by atoms with E-state index in [1.54, 1.807) is 6.92 Å². The number of hydrogen-bond donors (Lipinski definition) is 0. The first-order valence-electron chi connectivity index (χ1n) is 12.2. The zero-order valence-electron chi connectivity index (χ0n) is 19.6. The molecule has 2 saturated heterocycles. The monoisotopic (exact) mass is 495 g/mol. The third-order valence-electron chi connectivity index (χ3n) is 7.06. The van der Waals surface area contributed by atoms with Crippen LogP contribution in [0.1, 0.15) is 56.0 Å². The van der Waals surface area contributed by atoms with Gasteiger partial charge in [-0.15, -0.1) is 0 Å². The number of piperidine rings is 1. The number of sulfonamides is 1. The predicted octanol–water partition coefficient (Wildman–Crippen LogP) is 1.72. The van der Waals surface area contributed by atoms with Crippen molar-refractivity contribution in [1.29, 1.82) is 0 Å². The maximum atomic E-state index is 13.0. The van der Waals surface area contributed by atoms with E-state index in [1.807, 2.05) is 9.80 Å². The van der Waals surface area contributed by atoms with Crippen molar-refractivity contribution in [3.63, 3.8) is 0 Å². The number of nitrogens with zero attached hydrogens (tertiary/aromatic N) is 3. The molecule has 3 aliphatic rings. The van der Waals surface area contributed by atoms with Gasteiger partial charge in [0.15, 0.2) is 0 Å². The number of esters is 1. The summed E-state index contributed by atoms with van der Waals surface area (Å²) in [6.07, 6.45) is 5.03. The molecule has 1 aromatic rings. The van der Waals surface area contributed by atoms with Gasteiger partial charge in [-0.2, -0.15) is 4.31 Å². The summed E-state index contributed by atoms with van der Waals surface area (Å²) >= 11 is 0. The van der Waals surface area contributed by atoms with E-state index in [9.17, 15) is 22.8 Å². The summed E-state index contributed by atoms with van der Waals surface area (Å²) in [5, 5.41) is -0.302. The van der Waals surface area contributed by atoms with Gasteiger partial charge in [0.25, 0.3) is 10.0 Å². The second-order valence-corrected chi connectivity index (χ2v) is 11.0. The number of piperazine rings is 1. The van der Waals surface area contributed by atoms with Gasteiger partial charge in [-0.25, -0.2) is 13.2 Å². The van der Waals surface area contributed by atoms with Crippen molar-refractivity contribution >= 4 is 27.8 Å². The maximum Gasteiger partial charge on any atom is 0.374 e. The molecule has 0 N–H and O–H groups in total. The van der Waals surface area contributed by atoms with Gasteiger partial charge in [0, 0.05) is 51.1 Å². The molecule has 3 fully saturated rings. The van der Waals surface area contributed by atoms with Gasteiger partial charge in [0.05, 0.1) is 6.61 Å². The molecule has 10 nitrogen and oxygen atoms in total. The third kappa shape index (κ3) is 5.14. The van der Waals surface area contributed by atoms with Crippen LogP contribution in [0.5, 0.6) is 0 Å². The van der Waals surface area contributed by atoms with Crippen LogP contribution >= 0.6 is 0 Å². The molecule has 0 atom stereocenters. The number of furan rings is 1. The van der Waals surface area contributed by atoms with Crippen molar-refractivity contribution in [2.45, 2.75) is 50.5 Å². The van der Waals surface area contributed by atoms with Crippen LogP contribution in [0, 0.1) is 11.8 Å². The number of carbonyl (C=O) groups excluding carboxylic acids is 3. The molecule has 1 aromatic heterocycles. The lowest BCUT2D eigenvalue weighted by Gasteiger charge is -2.39. The summed E-state index contributed by atoms with van der Waals surface area (Å²) in [5.41, 5.74) is 0. The van der Waals surface area contributed by atoms with E-state index in [0.29, 0.717) is 39.0 Å². The van der Waals surface area contributed by atoms with Crippen LogP contribution in [-0.4, -0.2) is 86.2 Å². The first-order chi connectivity index (χ1) is 16.3. The van der Waals surface area contributed by atoms with Crippen LogP contribution in [0.3, 0.4) is 0 Å². The van der Waals surface area contributed by atoms with Gasteiger partial charge in [-0.3, -0.25) is 9.59 Å². The van der Waals surface area contributed by atoms with Crippen LogP contribution in [0.15, 0.2) is 21.6 Å². The lowest BCUT2D eigenvalue weighted by atomic mass is 9.96. The first-order valence-corrected chi connectivity index (χ1v) is 13.6. The summed E-state index contributed by atoms with van der Waals surface area (Å²) in [5.74, 6) is -0.694. The van der Waals surface area contributed by atoms with Gasteiger partial charge in [-0.1, -0.05) is 12.8 Å². The van der Waals surface area contributed by atoms with Gasteiger partial charge >= 0.3 is 5.97 Å². The number of amides is 2. The highest BCUT2D eigenvalue weighted by atomic mass is 32.2. The molecule has 0 bridgehead atoms. The maximum absolute atomic E-state index is 13.0. The number of ether oxygens (including phenoxy) is 1. The summed E-state index contributed by atoms with van der Waals surface area (Å²) in [7, 11) is -3.90. The predicted molar refractivity (Wildman–Crippen MR) is 121 cm³/mol. The van der Waals surface area contributed by atoms with Crippen LogP contribution in [0.2, 0.25) is 0 Å². The van der Waals surface area contributed by atoms with Crippen LogP contribution in [-0.2, 0) is 24.3 Å². The Morgan fingerprint density at radius 1 is 0.882 bits per heavy atom. The standard InChI is InChI=1S/C23H33N3O7S/c1-2-32-23(29)19-7-8-20(33-19)34(30,31)26-11-9-18(10-12-26)22(28)25-15-13-24(14-16-25)21(27)17-5-3-4-6-17/h7-8,17-18H,2-6,9-16H2,1H3. The van der Waals surface area contributed by atoms with Crippen LogP contribution < -0.4 is 0 Å². The van der Waals surface area contributed by atoms with Crippen molar-refractivity contribution in [1.82, 2.24) is 14.1 Å². The molecule has 1 saturated carbocycles. The average molecular weight is 496 g/mol. The fraction of sp³-hybridized carbons (Fsp3) is 0.696. The highest BCUT2D eigenvalue weighted by Crippen LogP contribution is 2.29. The first kappa shape index (κ1) is 24.7. The Labute approximate surface area is 200 Å². The lowest BCUT2D eigenvalue weighted by Crippen LogP contribution is -2.54. The molecule has 0 aromatic carbocycles. The fourth-order valence-electron chi connectivity index (χ4n) is 5.08. The molecule has 3 heterocycles. The molecule has 2 amide bonds. The molecule has 0 unspecified atom stereocenters. The molecule has 2 aliphatic heterocycles. The smallest absolute Gasteiger partial charge is 0.374 e. The highest BCUT2D eigenvalue weighted by molar-refractivity contribution is 7.89. The lowest BCUT2D eigenvalue weighted by molar-refractivity contribution is -0.144. The highest BCUT2D eigenvalue weighted by Gasteiger charge is 2.37. The Kier molecular flexibility index (Phi) is 7.61. The average Bonchev–Trinajstić information content (AvgIpc) is 3.57.